The second kappa shape index (κ2) is 8.99. The van der Waals surface area contributed by atoms with Crippen LogP contribution in [0.2, 0.25) is 0 Å². The van der Waals surface area contributed by atoms with Gasteiger partial charge in [-0.25, -0.2) is 0 Å². The summed E-state index contributed by atoms with van der Waals surface area (Å²) in [6.07, 6.45) is -6.52. The molecule has 164 valence electrons. The molecule has 6 nitrogen and oxygen atoms in total. The van der Waals surface area contributed by atoms with Crippen LogP contribution in [0.1, 0.15) is 44.2 Å². The third-order valence-electron chi connectivity index (χ3n) is 5.39. The Balaban J connectivity index is 2.10. The average Bonchev–Trinajstić information content (AvgIpc) is 2.57. The van der Waals surface area contributed by atoms with Gasteiger partial charge in [0.25, 0.3) is 0 Å². The second-order valence-corrected chi connectivity index (χ2v) is 8.04. The van der Waals surface area contributed by atoms with Gasteiger partial charge in [-0.05, 0) is 38.3 Å². The highest BCUT2D eigenvalue weighted by Crippen LogP contribution is 2.37. The number of ether oxygens (including phenoxy) is 1. The zero-order valence-corrected chi connectivity index (χ0v) is 16.4. The number of hydrogen-bond donors (Lipinski definition) is 3. The van der Waals surface area contributed by atoms with Crippen LogP contribution in [0.15, 0.2) is 24.3 Å². The van der Waals surface area contributed by atoms with E-state index < -0.39 is 41.3 Å². The fourth-order valence-corrected chi connectivity index (χ4v) is 4.13. The molecule has 0 aromatic heterocycles. The summed E-state index contributed by atoms with van der Waals surface area (Å²) in [5, 5.41) is 21.5. The van der Waals surface area contributed by atoms with Gasteiger partial charge < -0.3 is 26.4 Å². The largest absolute Gasteiger partial charge is 0.672 e. The number of carbonyl (C=O) groups excluding carboxylic acids is 1. The van der Waals surface area contributed by atoms with Gasteiger partial charge in [0.15, 0.2) is 0 Å². The Morgan fingerprint density at radius 3 is 2.45 bits per heavy atom. The molecule has 1 aromatic rings. The monoisotopic (exact) mass is 417 g/mol. The van der Waals surface area contributed by atoms with E-state index in [4.69, 9.17) is 16.2 Å². The predicted octanol–water partition coefficient (Wildman–Crippen LogP) is 2.84. The Hall–Kier alpha value is -1.68. The number of rotatable bonds is 7. The van der Waals surface area contributed by atoms with Gasteiger partial charge in [0.2, 0.25) is 5.91 Å². The molecule has 0 aliphatic carbocycles. The van der Waals surface area contributed by atoms with Gasteiger partial charge in [0.05, 0.1) is 29.3 Å². The number of primary amides is 1. The van der Waals surface area contributed by atoms with Gasteiger partial charge in [0, 0.05) is 18.9 Å². The molecule has 1 aliphatic rings. The topological polar surface area (TPSA) is 117 Å². The van der Waals surface area contributed by atoms with Gasteiger partial charge in [-0.2, -0.15) is 13.2 Å². The first-order valence-electron chi connectivity index (χ1n) is 9.54. The van der Waals surface area contributed by atoms with E-state index in [-0.39, 0.29) is 43.5 Å². The zero-order valence-electron chi connectivity index (χ0n) is 16.4. The quantitative estimate of drug-likeness (QED) is 0.632. The number of aliphatic hydroxyl groups is 2. The Morgan fingerprint density at radius 1 is 1.34 bits per heavy atom. The number of halogens is 3. The summed E-state index contributed by atoms with van der Waals surface area (Å²) in [6, 6.07) is 3.39. The van der Waals surface area contributed by atoms with Crippen molar-refractivity contribution in [2.45, 2.75) is 75.7 Å². The molecule has 1 amide bonds. The van der Waals surface area contributed by atoms with Crippen molar-refractivity contribution in [2.24, 2.45) is 11.7 Å². The van der Waals surface area contributed by atoms with Crippen LogP contribution in [0, 0.1) is 5.92 Å². The summed E-state index contributed by atoms with van der Waals surface area (Å²) >= 11 is 0. The first-order chi connectivity index (χ1) is 13.3. The van der Waals surface area contributed by atoms with E-state index in [1.165, 1.54) is 12.1 Å². The molecule has 29 heavy (non-hydrogen) atoms. The minimum absolute atomic E-state index is 0.134. The number of carbonyl (C=O) groups is 1. The molecule has 1 aromatic carbocycles. The van der Waals surface area contributed by atoms with Crippen molar-refractivity contribution in [1.82, 2.24) is 0 Å². The summed E-state index contributed by atoms with van der Waals surface area (Å²) in [4.78, 5) is 12.0. The maximum Gasteiger partial charge on any atom is 0.416 e. The van der Waals surface area contributed by atoms with E-state index in [9.17, 15) is 28.2 Å². The van der Waals surface area contributed by atoms with Crippen LogP contribution in [-0.2, 0) is 22.1 Å². The Morgan fingerprint density at radius 2 is 1.93 bits per heavy atom. The van der Waals surface area contributed by atoms with Crippen LogP contribution in [0.25, 0.3) is 5.73 Å². The SMILES string of the molecule is CC1CC(O)(C(CC(O)C([NH-])Cc2cccc(C(F)(F)F)c2)C(N)=O)CC(C)O1. The lowest BCUT2D eigenvalue weighted by Gasteiger charge is -2.44. The van der Waals surface area contributed by atoms with Crippen LogP contribution in [0.4, 0.5) is 13.2 Å². The lowest BCUT2D eigenvalue weighted by atomic mass is 9.73. The minimum Gasteiger partial charge on any atom is -0.672 e. The fraction of sp³-hybridized carbons (Fsp3) is 0.650. The highest BCUT2D eigenvalue weighted by molar-refractivity contribution is 5.78. The smallest absolute Gasteiger partial charge is 0.416 e. The van der Waals surface area contributed by atoms with Crippen molar-refractivity contribution in [3.63, 3.8) is 0 Å². The maximum atomic E-state index is 12.9. The second-order valence-electron chi connectivity index (χ2n) is 8.04. The Bertz CT molecular complexity index is 703. The molecule has 0 spiro atoms. The molecule has 1 saturated heterocycles. The highest BCUT2D eigenvalue weighted by atomic mass is 19.4. The van der Waals surface area contributed by atoms with Crippen LogP contribution in [0.5, 0.6) is 0 Å². The van der Waals surface area contributed by atoms with Crippen molar-refractivity contribution in [1.29, 1.82) is 0 Å². The first kappa shape index (κ1) is 23.6. The summed E-state index contributed by atoms with van der Waals surface area (Å²) in [6.45, 7) is 3.52. The lowest BCUT2D eigenvalue weighted by Crippen LogP contribution is -2.54. The van der Waals surface area contributed by atoms with Crippen LogP contribution >= 0.6 is 0 Å². The minimum atomic E-state index is -4.50. The van der Waals surface area contributed by atoms with Crippen molar-refractivity contribution in [3.05, 3.63) is 41.1 Å². The normalized spacial score (nSPS) is 28.6. The molecule has 5 atom stereocenters. The molecule has 0 radical (unpaired) electrons. The lowest BCUT2D eigenvalue weighted by molar-refractivity contribution is -0.168. The number of nitrogens with one attached hydrogen (secondary N) is 1. The predicted molar refractivity (Wildman–Crippen MR) is 101 cm³/mol. The molecule has 9 heteroatoms. The molecule has 1 aliphatic heterocycles. The number of hydrogen-bond acceptors (Lipinski definition) is 4. The molecule has 5 N–H and O–H groups in total. The molecule has 1 heterocycles. The van der Waals surface area contributed by atoms with Crippen molar-refractivity contribution < 1.29 is 32.9 Å². The van der Waals surface area contributed by atoms with Gasteiger partial charge in [0.1, 0.15) is 0 Å². The highest BCUT2D eigenvalue weighted by Gasteiger charge is 2.46. The average molecular weight is 417 g/mol. The molecule has 5 unspecified atom stereocenters. The van der Waals surface area contributed by atoms with E-state index in [2.05, 4.69) is 0 Å². The first-order valence-corrected chi connectivity index (χ1v) is 9.54. The molecular formula is C20H28F3N2O4-. The molecule has 1 fully saturated rings. The summed E-state index contributed by atoms with van der Waals surface area (Å²) in [5.74, 6) is -1.89. The van der Waals surface area contributed by atoms with Crippen LogP contribution < -0.4 is 5.73 Å². The number of nitrogens with two attached hydrogens (primary N) is 1. The molecular weight excluding hydrogens is 389 g/mol. The number of amides is 1. The van der Waals surface area contributed by atoms with Crippen LogP contribution in [0.3, 0.4) is 0 Å². The van der Waals surface area contributed by atoms with Crippen molar-refractivity contribution in [3.8, 4) is 0 Å². The van der Waals surface area contributed by atoms with E-state index in [1.807, 2.05) is 0 Å². The zero-order chi connectivity index (χ0) is 22.0. The fourth-order valence-electron chi connectivity index (χ4n) is 4.13. The van der Waals surface area contributed by atoms with E-state index in [0.29, 0.717) is 0 Å². The molecule has 0 bridgehead atoms. The summed E-state index contributed by atoms with van der Waals surface area (Å²) in [5.41, 5.74) is 11.6. The summed E-state index contributed by atoms with van der Waals surface area (Å²) in [7, 11) is 0. The third-order valence-corrected chi connectivity index (χ3v) is 5.39. The van der Waals surface area contributed by atoms with E-state index >= 15 is 0 Å². The number of aliphatic hydroxyl groups excluding tert-OH is 1. The van der Waals surface area contributed by atoms with Gasteiger partial charge in [-0.1, -0.05) is 18.2 Å². The Labute approximate surface area is 168 Å². The van der Waals surface area contributed by atoms with Gasteiger partial charge in [-0.15, -0.1) is 6.04 Å². The van der Waals surface area contributed by atoms with Crippen molar-refractivity contribution in [2.75, 3.05) is 0 Å². The van der Waals surface area contributed by atoms with Crippen molar-refractivity contribution >= 4 is 5.91 Å². The van der Waals surface area contributed by atoms with E-state index in [0.717, 1.165) is 12.1 Å². The third kappa shape index (κ3) is 6.15. The van der Waals surface area contributed by atoms with Crippen LogP contribution in [-0.4, -0.2) is 46.1 Å². The Kier molecular flexibility index (Phi) is 7.32. The number of alkyl halides is 3. The number of benzene rings is 1. The maximum absolute atomic E-state index is 12.9. The molecule has 0 saturated carbocycles. The van der Waals surface area contributed by atoms with E-state index in [1.54, 1.807) is 13.8 Å². The standard InChI is InChI=1S/C20H28F3N2O4/c1-11-9-19(28,10-12(2)29-11)15(18(25)27)8-17(26)16(24)7-13-4-3-5-14(6-13)20(21,22)23/h3-6,11-12,15-17,24,26,28H,7-10H2,1-2H3,(H2,25,27)/q-1. The van der Waals surface area contributed by atoms with Gasteiger partial charge in [-0.3, -0.25) is 4.79 Å². The summed E-state index contributed by atoms with van der Waals surface area (Å²) < 4.78 is 44.1. The van der Waals surface area contributed by atoms with Gasteiger partial charge >= 0.3 is 6.18 Å². The molecule has 2 rings (SSSR count).